The Morgan fingerprint density at radius 1 is 1.02 bits per heavy atom. The number of aromatic nitrogens is 2. The Hall–Kier alpha value is -4.57. The lowest BCUT2D eigenvalue weighted by Crippen LogP contribution is -2.48. The van der Waals surface area contributed by atoms with E-state index in [1.165, 1.54) is 11.0 Å². The second-order valence-corrected chi connectivity index (χ2v) is 10.8. The van der Waals surface area contributed by atoms with Crippen LogP contribution in [-0.4, -0.2) is 39.5 Å². The molecular weight excluding hydrogens is 540 g/mol. The average molecular weight is 574 g/mol. The fourth-order valence-electron chi connectivity index (χ4n) is 5.14. The maximum absolute atomic E-state index is 14.8. The molecule has 218 valence electrons. The minimum absolute atomic E-state index is 0.0214. The van der Waals surface area contributed by atoms with Crippen molar-refractivity contribution in [2.24, 2.45) is 5.92 Å². The van der Waals surface area contributed by atoms with E-state index in [9.17, 15) is 18.4 Å². The predicted molar refractivity (Wildman–Crippen MR) is 156 cm³/mol. The number of carbonyl (C=O) groups is 2. The van der Waals surface area contributed by atoms with Crippen LogP contribution in [0.1, 0.15) is 30.7 Å². The van der Waals surface area contributed by atoms with E-state index < -0.39 is 42.1 Å². The summed E-state index contributed by atoms with van der Waals surface area (Å²) in [6.45, 7) is 3.97. The molecule has 5 rings (SSSR count). The number of imidazole rings is 1. The molecule has 1 amide bonds. The fraction of sp³-hybridized carbons (Fsp3) is 0.281. The Labute approximate surface area is 243 Å². The van der Waals surface area contributed by atoms with Crippen molar-refractivity contribution in [3.8, 4) is 11.3 Å². The standard InChI is InChI=1S/C32H33F2N5O3/c1-20(2)42-31(41)25-18-38-28(19-37(3)16-21-8-5-4-6-9-21)29(22-12-14-23(35)15-13-22)36-32(38)39(30(25)40)17-24-26(33)10-7-11-27(24)34/h4-15,20,25H,16-19,35H2,1-3H3. The molecule has 0 spiro atoms. The molecule has 1 aromatic heterocycles. The molecule has 3 aromatic carbocycles. The topological polar surface area (TPSA) is 93.7 Å². The molecule has 0 bridgehead atoms. The first-order valence-corrected chi connectivity index (χ1v) is 13.7. The Bertz CT molecular complexity index is 1570. The zero-order valence-corrected chi connectivity index (χ0v) is 23.8. The van der Waals surface area contributed by atoms with Crippen LogP contribution in [-0.2, 0) is 40.5 Å². The van der Waals surface area contributed by atoms with Crippen LogP contribution in [0, 0.1) is 17.6 Å². The number of nitrogen functional groups attached to an aromatic ring is 1. The number of esters is 1. The highest BCUT2D eigenvalue weighted by Crippen LogP contribution is 2.36. The van der Waals surface area contributed by atoms with Gasteiger partial charge < -0.3 is 15.0 Å². The highest BCUT2D eigenvalue weighted by atomic mass is 19.1. The largest absolute Gasteiger partial charge is 0.462 e. The van der Waals surface area contributed by atoms with Gasteiger partial charge in [-0.2, -0.15) is 0 Å². The van der Waals surface area contributed by atoms with Crippen LogP contribution in [0.3, 0.4) is 0 Å². The number of carbonyl (C=O) groups excluding carboxylic acids is 2. The molecule has 0 radical (unpaired) electrons. The van der Waals surface area contributed by atoms with Crippen molar-refractivity contribution in [3.05, 3.63) is 101 Å². The number of ether oxygens (including phenoxy) is 1. The third-order valence-corrected chi connectivity index (χ3v) is 7.14. The number of nitrogens with two attached hydrogens (primary N) is 1. The summed E-state index contributed by atoms with van der Waals surface area (Å²) in [6, 6.07) is 20.7. The van der Waals surface area contributed by atoms with Crippen molar-refractivity contribution in [1.82, 2.24) is 14.5 Å². The number of hydrogen-bond donors (Lipinski definition) is 1. The van der Waals surface area contributed by atoms with Gasteiger partial charge in [0.05, 0.1) is 24.0 Å². The number of rotatable bonds is 9. The maximum Gasteiger partial charge on any atom is 0.320 e. The number of amides is 1. The molecule has 1 aliphatic rings. The number of benzene rings is 3. The molecule has 2 N–H and O–H groups in total. The fourth-order valence-corrected chi connectivity index (χ4v) is 5.14. The summed E-state index contributed by atoms with van der Waals surface area (Å²) in [7, 11) is 1.96. The number of halogens is 2. The SMILES string of the molecule is CC(C)OC(=O)C1Cn2c(nc(-c3ccc(N)cc3)c2CN(C)Cc2ccccc2)N(Cc2c(F)cccc2F)C1=O. The Balaban J connectivity index is 1.63. The van der Waals surface area contributed by atoms with Gasteiger partial charge in [-0.3, -0.25) is 19.4 Å². The van der Waals surface area contributed by atoms with Gasteiger partial charge in [0.25, 0.3) is 0 Å². The summed E-state index contributed by atoms with van der Waals surface area (Å²) in [5.74, 6) is -3.95. The van der Waals surface area contributed by atoms with Crippen molar-refractivity contribution < 1.29 is 23.1 Å². The monoisotopic (exact) mass is 573 g/mol. The van der Waals surface area contributed by atoms with E-state index in [1.54, 1.807) is 30.5 Å². The van der Waals surface area contributed by atoms with Crippen LogP contribution < -0.4 is 10.6 Å². The number of fused-ring (bicyclic) bond motifs is 1. The van der Waals surface area contributed by atoms with Crippen LogP contribution >= 0.6 is 0 Å². The van der Waals surface area contributed by atoms with Gasteiger partial charge in [-0.15, -0.1) is 0 Å². The van der Waals surface area contributed by atoms with E-state index in [0.29, 0.717) is 24.5 Å². The Morgan fingerprint density at radius 3 is 2.33 bits per heavy atom. The molecule has 1 aliphatic heterocycles. The maximum atomic E-state index is 14.8. The minimum atomic E-state index is -1.22. The predicted octanol–water partition coefficient (Wildman–Crippen LogP) is 5.16. The molecule has 0 saturated carbocycles. The van der Waals surface area contributed by atoms with Crippen molar-refractivity contribution >= 4 is 23.5 Å². The normalized spacial score (nSPS) is 14.9. The summed E-state index contributed by atoms with van der Waals surface area (Å²) in [6.07, 6.45) is -0.450. The van der Waals surface area contributed by atoms with Crippen LogP contribution in [0.5, 0.6) is 0 Å². The minimum Gasteiger partial charge on any atom is -0.462 e. The van der Waals surface area contributed by atoms with Crippen molar-refractivity contribution in [2.75, 3.05) is 17.7 Å². The van der Waals surface area contributed by atoms with E-state index in [-0.39, 0.29) is 18.1 Å². The first-order valence-electron chi connectivity index (χ1n) is 13.7. The first kappa shape index (κ1) is 28.9. The zero-order valence-electron chi connectivity index (χ0n) is 23.8. The summed E-state index contributed by atoms with van der Waals surface area (Å²) in [4.78, 5) is 35.1. The molecule has 2 heterocycles. The third kappa shape index (κ3) is 6.03. The van der Waals surface area contributed by atoms with Gasteiger partial charge in [-0.05, 0) is 50.7 Å². The van der Waals surface area contributed by atoms with Gasteiger partial charge in [0, 0.05) is 36.4 Å². The van der Waals surface area contributed by atoms with Crippen molar-refractivity contribution in [1.29, 1.82) is 0 Å². The van der Waals surface area contributed by atoms with Gasteiger partial charge in [0.15, 0.2) is 5.92 Å². The van der Waals surface area contributed by atoms with E-state index in [4.69, 9.17) is 15.5 Å². The lowest BCUT2D eigenvalue weighted by Gasteiger charge is -2.33. The Morgan fingerprint density at radius 2 is 1.69 bits per heavy atom. The summed E-state index contributed by atoms with van der Waals surface area (Å²) < 4.78 is 36.8. The van der Waals surface area contributed by atoms with E-state index in [2.05, 4.69) is 4.90 Å². The molecule has 42 heavy (non-hydrogen) atoms. The number of anilines is 2. The molecule has 0 aliphatic carbocycles. The zero-order chi connectivity index (χ0) is 30.0. The van der Waals surface area contributed by atoms with Gasteiger partial charge in [0.2, 0.25) is 11.9 Å². The molecule has 0 saturated heterocycles. The molecule has 0 fully saturated rings. The highest BCUT2D eigenvalue weighted by molar-refractivity contribution is 6.06. The van der Waals surface area contributed by atoms with Crippen LogP contribution in [0.25, 0.3) is 11.3 Å². The van der Waals surface area contributed by atoms with Crippen LogP contribution in [0.4, 0.5) is 20.4 Å². The smallest absolute Gasteiger partial charge is 0.320 e. The van der Waals surface area contributed by atoms with Gasteiger partial charge in [-0.1, -0.05) is 48.5 Å². The molecule has 1 unspecified atom stereocenters. The van der Waals surface area contributed by atoms with Crippen LogP contribution in [0.2, 0.25) is 0 Å². The lowest BCUT2D eigenvalue weighted by atomic mass is 10.0. The molecule has 1 atom stereocenters. The van der Waals surface area contributed by atoms with Crippen molar-refractivity contribution in [3.63, 3.8) is 0 Å². The third-order valence-electron chi connectivity index (χ3n) is 7.14. The Kier molecular flexibility index (Phi) is 8.35. The van der Waals surface area contributed by atoms with Crippen molar-refractivity contribution in [2.45, 2.75) is 46.1 Å². The highest BCUT2D eigenvalue weighted by Gasteiger charge is 2.42. The molecule has 4 aromatic rings. The van der Waals surface area contributed by atoms with E-state index in [0.717, 1.165) is 29.0 Å². The average Bonchev–Trinajstić information content (AvgIpc) is 3.29. The van der Waals surface area contributed by atoms with Crippen LogP contribution in [0.15, 0.2) is 72.8 Å². The summed E-state index contributed by atoms with van der Waals surface area (Å²) in [5.41, 5.74) is 9.40. The second kappa shape index (κ2) is 12.1. The van der Waals surface area contributed by atoms with Gasteiger partial charge in [-0.25, -0.2) is 13.8 Å². The quantitative estimate of drug-likeness (QED) is 0.169. The van der Waals surface area contributed by atoms with E-state index >= 15 is 0 Å². The summed E-state index contributed by atoms with van der Waals surface area (Å²) in [5, 5.41) is 0. The molecule has 8 nitrogen and oxygen atoms in total. The number of nitrogens with zero attached hydrogens (tertiary/aromatic N) is 4. The van der Waals surface area contributed by atoms with Gasteiger partial charge in [0.1, 0.15) is 11.6 Å². The lowest BCUT2D eigenvalue weighted by molar-refractivity contribution is -0.156. The summed E-state index contributed by atoms with van der Waals surface area (Å²) >= 11 is 0. The molecular formula is C32H33F2N5O3. The first-order chi connectivity index (χ1) is 20.1. The second-order valence-electron chi connectivity index (χ2n) is 10.8. The van der Waals surface area contributed by atoms with Gasteiger partial charge >= 0.3 is 5.97 Å². The van der Waals surface area contributed by atoms with E-state index in [1.807, 2.05) is 49.5 Å². The molecule has 10 heteroatoms. The number of hydrogen-bond acceptors (Lipinski definition) is 6.